The third-order valence-electron chi connectivity index (χ3n) is 7.01. The second kappa shape index (κ2) is 10.1. The SMILES string of the molecule is O=C1CCC(N2Cc3cc(CCC(=O)c4ccc(CN5CCOCC5)cc4)ccc3C2=O)C(=O)N1. The summed E-state index contributed by atoms with van der Waals surface area (Å²) >= 11 is 0. The number of ether oxygens (including phenoxy) is 1. The number of piperidine rings is 1. The Morgan fingerprint density at radius 3 is 2.49 bits per heavy atom. The number of hydrogen-bond acceptors (Lipinski definition) is 6. The summed E-state index contributed by atoms with van der Waals surface area (Å²) in [6, 6.07) is 12.8. The van der Waals surface area contributed by atoms with Crippen LogP contribution in [-0.2, 0) is 33.8 Å². The summed E-state index contributed by atoms with van der Waals surface area (Å²) in [5.41, 5.74) is 4.32. The van der Waals surface area contributed by atoms with Crippen LogP contribution in [0.15, 0.2) is 42.5 Å². The van der Waals surface area contributed by atoms with Gasteiger partial charge in [-0.1, -0.05) is 36.4 Å². The van der Waals surface area contributed by atoms with Crippen LogP contribution in [0.2, 0.25) is 0 Å². The van der Waals surface area contributed by atoms with E-state index in [4.69, 9.17) is 4.74 Å². The van der Waals surface area contributed by atoms with Crippen LogP contribution in [0.25, 0.3) is 0 Å². The van der Waals surface area contributed by atoms with Crippen LogP contribution in [0.1, 0.15) is 56.7 Å². The van der Waals surface area contributed by atoms with Crippen molar-refractivity contribution < 1.29 is 23.9 Å². The highest BCUT2D eigenvalue weighted by Crippen LogP contribution is 2.28. The molecule has 1 atom stereocenters. The summed E-state index contributed by atoms with van der Waals surface area (Å²) in [6.07, 6.45) is 1.54. The number of carbonyl (C=O) groups is 4. The summed E-state index contributed by atoms with van der Waals surface area (Å²) in [7, 11) is 0. The van der Waals surface area contributed by atoms with Crippen molar-refractivity contribution in [2.24, 2.45) is 0 Å². The van der Waals surface area contributed by atoms with Gasteiger partial charge in [0.2, 0.25) is 11.8 Å². The van der Waals surface area contributed by atoms with Crippen LogP contribution in [0.4, 0.5) is 0 Å². The average Bonchev–Trinajstić information content (AvgIpc) is 3.19. The van der Waals surface area contributed by atoms with Gasteiger partial charge in [0.25, 0.3) is 5.91 Å². The molecule has 0 bridgehead atoms. The number of imide groups is 1. The molecule has 1 N–H and O–H groups in total. The van der Waals surface area contributed by atoms with Gasteiger partial charge in [0.05, 0.1) is 13.2 Å². The highest BCUT2D eigenvalue weighted by atomic mass is 16.5. The first-order chi connectivity index (χ1) is 17.0. The van der Waals surface area contributed by atoms with E-state index in [0.29, 0.717) is 36.9 Å². The van der Waals surface area contributed by atoms with E-state index in [0.717, 1.165) is 44.0 Å². The Morgan fingerprint density at radius 2 is 1.74 bits per heavy atom. The molecule has 8 heteroatoms. The van der Waals surface area contributed by atoms with Gasteiger partial charge < -0.3 is 9.64 Å². The molecule has 0 spiro atoms. The van der Waals surface area contributed by atoms with Crippen LogP contribution in [0, 0.1) is 0 Å². The lowest BCUT2D eigenvalue weighted by molar-refractivity contribution is -0.136. The molecule has 8 nitrogen and oxygen atoms in total. The molecule has 5 rings (SSSR count). The van der Waals surface area contributed by atoms with Gasteiger partial charge in [-0.25, -0.2) is 0 Å². The Labute approximate surface area is 204 Å². The summed E-state index contributed by atoms with van der Waals surface area (Å²) in [6.45, 7) is 4.59. The standard InChI is InChI=1S/C27H29N3O5/c31-24(20-5-1-19(2-6-20)16-29-11-13-35-14-12-29)9-4-18-3-7-22-21(15-18)17-30(27(22)34)23-8-10-25(32)28-26(23)33/h1-3,5-7,15,23H,4,8-14,16-17H2,(H,28,32,33). The molecule has 1 unspecified atom stereocenters. The van der Waals surface area contributed by atoms with E-state index < -0.39 is 11.9 Å². The Bertz CT molecular complexity index is 1150. The average molecular weight is 476 g/mol. The lowest BCUT2D eigenvalue weighted by Crippen LogP contribution is -2.52. The topological polar surface area (TPSA) is 96.0 Å². The van der Waals surface area contributed by atoms with E-state index in [9.17, 15) is 19.2 Å². The molecular weight excluding hydrogens is 446 g/mol. The molecule has 35 heavy (non-hydrogen) atoms. The zero-order chi connectivity index (χ0) is 24.4. The van der Waals surface area contributed by atoms with Crippen LogP contribution in [-0.4, -0.2) is 65.6 Å². The quantitative estimate of drug-likeness (QED) is 0.487. The van der Waals surface area contributed by atoms with Crippen LogP contribution in [0.5, 0.6) is 0 Å². The largest absolute Gasteiger partial charge is 0.379 e. The number of Topliss-reactive ketones (excluding diaryl/α,β-unsaturated/α-hetero) is 1. The summed E-state index contributed by atoms with van der Waals surface area (Å²) < 4.78 is 5.39. The Morgan fingerprint density at radius 1 is 1.00 bits per heavy atom. The minimum absolute atomic E-state index is 0.0877. The molecule has 2 saturated heterocycles. The number of hydrogen-bond donors (Lipinski definition) is 1. The third-order valence-corrected chi connectivity index (χ3v) is 7.01. The minimum Gasteiger partial charge on any atom is -0.379 e. The number of nitrogens with one attached hydrogen (secondary N) is 1. The van der Waals surface area contributed by atoms with Crippen molar-refractivity contribution >= 4 is 23.5 Å². The molecule has 2 aromatic carbocycles. The van der Waals surface area contributed by atoms with Crippen LogP contribution < -0.4 is 5.32 Å². The molecule has 2 fully saturated rings. The van der Waals surface area contributed by atoms with Gasteiger partial charge >= 0.3 is 0 Å². The molecule has 3 aliphatic rings. The van der Waals surface area contributed by atoms with Gasteiger partial charge in [-0.15, -0.1) is 0 Å². The van der Waals surface area contributed by atoms with Gasteiger partial charge in [0.15, 0.2) is 5.78 Å². The Balaban J connectivity index is 1.17. The summed E-state index contributed by atoms with van der Waals surface area (Å²) in [5, 5.41) is 2.32. The summed E-state index contributed by atoms with van der Waals surface area (Å²) in [5.74, 6) is -0.808. The normalized spacial score (nSPS) is 20.6. The van der Waals surface area contributed by atoms with Crippen molar-refractivity contribution in [3.8, 4) is 0 Å². The second-order valence-corrected chi connectivity index (χ2v) is 9.40. The van der Waals surface area contributed by atoms with Crippen LogP contribution >= 0.6 is 0 Å². The first-order valence-corrected chi connectivity index (χ1v) is 12.2. The number of ketones is 1. The molecule has 3 aliphatic heterocycles. The number of carbonyl (C=O) groups excluding carboxylic acids is 4. The van der Waals surface area contributed by atoms with Gasteiger partial charge in [-0.3, -0.25) is 29.4 Å². The highest BCUT2D eigenvalue weighted by Gasteiger charge is 2.39. The molecule has 0 saturated carbocycles. The third kappa shape index (κ3) is 5.18. The smallest absolute Gasteiger partial charge is 0.255 e. The van der Waals surface area contributed by atoms with Crippen molar-refractivity contribution in [2.45, 2.75) is 44.8 Å². The van der Waals surface area contributed by atoms with Gasteiger partial charge in [-0.05, 0) is 35.6 Å². The fourth-order valence-electron chi connectivity index (χ4n) is 5.00. The number of amides is 3. The van der Waals surface area contributed by atoms with Crippen molar-refractivity contribution in [2.75, 3.05) is 26.3 Å². The fourth-order valence-corrected chi connectivity index (χ4v) is 5.00. The number of morpholine rings is 1. The zero-order valence-corrected chi connectivity index (χ0v) is 19.6. The molecular formula is C27H29N3O5. The maximum Gasteiger partial charge on any atom is 0.255 e. The van der Waals surface area contributed by atoms with Crippen molar-refractivity contribution in [3.05, 3.63) is 70.3 Å². The maximum absolute atomic E-state index is 12.8. The second-order valence-electron chi connectivity index (χ2n) is 9.40. The Kier molecular flexibility index (Phi) is 6.74. The van der Waals surface area contributed by atoms with E-state index in [-0.39, 0.29) is 24.0 Å². The van der Waals surface area contributed by atoms with Gasteiger partial charge in [0, 0.05) is 50.1 Å². The van der Waals surface area contributed by atoms with Crippen LogP contribution in [0.3, 0.4) is 0 Å². The van der Waals surface area contributed by atoms with E-state index in [1.165, 1.54) is 5.56 Å². The fraction of sp³-hybridized carbons (Fsp3) is 0.407. The van der Waals surface area contributed by atoms with E-state index in [2.05, 4.69) is 10.2 Å². The number of nitrogens with zero attached hydrogens (tertiary/aromatic N) is 2. The molecule has 2 aromatic rings. The van der Waals surface area contributed by atoms with E-state index >= 15 is 0 Å². The predicted octanol–water partition coefficient (Wildman–Crippen LogP) is 2.10. The Hall–Kier alpha value is -3.36. The number of benzene rings is 2. The van der Waals surface area contributed by atoms with Gasteiger partial charge in [-0.2, -0.15) is 0 Å². The number of aryl methyl sites for hydroxylation is 1. The molecule has 182 valence electrons. The summed E-state index contributed by atoms with van der Waals surface area (Å²) in [4.78, 5) is 53.1. The predicted molar refractivity (Wildman–Crippen MR) is 128 cm³/mol. The molecule has 3 heterocycles. The molecule has 0 aromatic heterocycles. The molecule has 3 amide bonds. The monoisotopic (exact) mass is 475 g/mol. The van der Waals surface area contributed by atoms with Gasteiger partial charge in [0.1, 0.15) is 6.04 Å². The van der Waals surface area contributed by atoms with Crippen molar-refractivity contribution in [1.82, 2.24) is 15.1 Å². The maximum atomic E-state index is 12.8. The molecule has 0 aliphatic carbocycles. The lowest BCUT2D eigenvalue weighted by atomic mass is 9.99. The van der Waals surface area contributed by atoms with E-state index in [1.54, 1.807) is 11.0 Å². The van der Waals surface area contributed by atoms with Crippen molar-refractivity contribution in [3.63, 3.8) is 0 Å². The number of fused-ring (bicyclic) bond motifs is 1. The highest BCUT2D eigenvalue weighted by molar-refractivity contribution is 6.05. The minimum atomic E-state index is -0.621. The van der Waals surface area contributed by atoms with E-state index in [1.807, 2.05) is 36.4 Å². The first-order valence-electron chi connectivity index (χ1n) is 12.2. The number of rotatable bonds is 7. The first kappa shape index (κ1) is 23.4. The lowest BCUT2D eigenvalue weighted by Gasteiger charge is -2.29. The molecule has 0 radical (unpaired) electrons. The zero-order valence-electron chi connectivity index (χ0n) is 19.6. The van der Waals surface area contributed by atoms with Crippen molar-refractivity contribution in [1.29, 1.82) is 0 Å².